The molecule has 0 saturated heterocycles. The molecule has 1 amide bonds. The van der Waals surface area contributed by atoms with Crippen LogP contribution < -0.4 is 10.2 Å². The van der Waals surface area contributed by atoms with Crippen molar-refractivity contribution >= 4 is 17.8 Å². The summed E-state index contributed by atoms with van der Waals surface area (Å²) in [6, 6.07) is 5.49. The number of hydrogen-bond donors (Lipinski definition) is 1. The van der Waals surface area contributed by atoms with Gasteiger partial charge in [0.05, 0.1) is 4.92 Å². The Balaban J connectivity index is 2.40. The van der Waals surface area contributed by atoms with Crippen molar-refractivity contribution in [2.45, 2.75) is 13.8 Å². The summed E-state index contributed by atoms with van der Waals surface area (Å²) in [5.41, 5.74) is 2.28. The molecule has 0 atom stereocenters. The third kappa shape index (κ3) is 5.62. The van der Waals surface area contributed by atoms with Crippen LogP contribution in [-0.2, 0) is 4.79 Å². The van der Waals surface area contributed by atoms with Crippen molar-refractivity contribution in [2.75, 3.05) is 6.61 Å². The van der Waals surface area contributed by atoms with Gasteiger partial charge in [0.1, 0.15) is 5.75 Å². The number of hydrogen-bond acceptors (Lipinski definition) is 5. The Bertz CT molecular complexity index is 468. The molecule has 1 rings (SSSR count). The maximum absolute atomic E-state index is 11.3. The van der Waals surface area contributed by atoms with Crippen molar-refractivity contribution in [3.63, 3.8) is 0 Å². The van der Waals surface area contributed by atoms with Gasteiger partial charge < -0.3 is 4.74 Å². The number of nitrogens with one attached hydrogen (secondary N) is 1. The highest BCUT2D eigenvalue weighted by molar-refractivity contribution is 5.78. The van der Waals surface area contributed by atoms with Crippen LogP contribution in [0.15, 0.2) is 29.4 Å². The van der Waals surface area contributed by atoms with Gasteiger partial charge in [0.25, 0.3) is 11.6 Å². The van der Waals surface area contributed by atoms with Crippen LogP contribution >= 0.6 is 0 Å². The van der Waals surface area contributed by atoms with E-state index in [0.717, 1.165) is 0 Å². The van der Waals surface area contributed by atoms with Gasteiger partial charge in [0, 0.05) is 18.3 Å². The minimum absolute atomic E-state index is 0.0293. The third-order valence-corrected chi connectivity index (χ3v) is 1.98. The average molecular weight is 265 g/mol. The Morgan fingerprint density at radius 1 is 1.47 bits per heavy atom. The molecule has 0 aliphatic carbocycles. The fourth-order valence-corrected chi connectivity index (χ4v) is 1.10. The number of amides is 1. The number of carbonyl (C=O) groups is 1. The fraction of sp³-hybridized carbons (Fsp3) is 0.333. The smallest absolute Gasteiger partial charge is 0.277 e. The first-order valence-electron chi connectivity index (χ1n) is 5.68. The second kappa shape index (κ2) is 7.10. The summed E-state index contributed by atoms with van der Waals surface area (Å²) >= 11 is 0. The highest BCUT2D eigenvalue weighted by Crippen LogP contribution is 2.16. The monoisotopic (exact) mass is 265 g/mol. The molecule has 0 aliphatic rings. The van der Waals surface area contributed by atoms with Crippen molar-refractivity contribution < 1.29 is 14.5 Å². The number of benzene rings is 1. The van der Waals surface area contributed by atoms with Crippen LogP contribution in [0.5, 0.6) is 5.75 Å². The van der Waals surface area contributed by atoms with E-state index in [1.807, 2.05) is 13.8 Å². The summed E-state index contributed by atoms with van der Waals surface area (Å²) < 4.78 is 5.15. The molecule has 0 spiro atoms. The summed E-state index contributed by atoms with van der Waals surface area (Å²) in [5.74, 6) is 0.236. The lowest BCUT2D eigenvalue weighted by molar-refractivity contribution is -0.384. The zero-order valence-corrected chi connectivity index (χ0v) is 10.7. The van der Waals surface area contributed by atoms with E-state index >= 15 is 0 Å². The van der Waals surface area contributed by atoms with Gasteiger partial charge in [-0.1, -0.05) is 13.8 Å². The third-order valence-electron chi connectivity index (χ3n) is 1.98. The molecular weight excluding hydrogens is 250 g/mol. The minimum Gasteiger partial charge on any atom is -0.484 e. The molecule has 1 aromatic rings. The van der Waals surface area contributed by atoms with Crippen molar-refractivity contribution in [3.05, 3.63) is 34.4 Å². The SMILES string of the molecule is CC(C)/C=N/NC(=O)COc1ccc([N+](=O)[O-])cc1. The standard InChI is InChI=1S/C12H15N3O4/c1-9(2)7-13-14-12(16)8-19-11-5-3-10(4-6-11)15(17)18/h3-7,9H,8H2,1-2H3,(H,14,16)/b13-7+. The quantitative estimate of drug-likeness (QED) is 0.481. The second-order valence-electron chi connectivity index (χ2n) is 4.10. The van der Waals surface area contributed by atoms with E-state index in [0.29, 0.717) is 5.75 Å². The topological polar surface area (TPSA) is 93.8 Å². The molecule has 0 heterocycles. The molecule has 19 heavy (non-hydrogen) atoms. The zero-order chi connectivity index (χ0) is 14.3. The molecule has 1 aromatic carbocycles. The number of carbonyl (C=O) groups excluding carboxylic acids is 1. The fourth-order valence-electron chi connectivity index (χ4n) is 1.10. The molecule has 7 nitrogen and oxygen atoms in total. The van der Waals surface area contributed by atoms with Crippen LogP contribution in [0.1, 0.15) is 13.8 Å². The summed E-state index contributed by atoms with van der Waals surface area (Å²) in [5, 5.41) is 14.2. The van der Waals surface area contributed by atoms with Gasteiger partial charge in [-0.05, 0) is 18.1 Å². The van der Waals surface area contributed by atoms with Gasteiger partial charge in [-0.2, -0.15) is 5.10 Å². The number of hydrazone groups is 1. The van der Waals surface area contributed by atoms with Crippen LogP contribution in [-0.4, -0.2) is 23.7 Å². The van der Waals surface area contributed by atoms with Gasteiger partial charge in [0.2, 0.25) is 0 Å². The van der Waals surface area contributed by atoms with E-state index in [2.05, 4.69) is 10.5 Å². The lowest BCUT2D eigenvalue weighted by Crippen LogP contribution is -2.24. The molecular formula is C12H15N3O4. The lowest BCUT2D eigenvalue weighted by Gasteiger charge is -2.04. The molecule has 102 valence electrons. The van der Waals surface area contributed by atoms with E-state index in [4.69, 9.17) is 4.74 Å². The molecule has 7 heteroatoms. The van der Waals surface area contributed by atoms with E-state index in [9.17, 15) is 14.9 Å². The Morgan fingerprint density at radius 3 is 2.63 bits per heavy atom. The molecule has 1 N–H and O–H groups in total. The number of rotatable bonds is 6. The van der Waals surface area contributed by atoms with Crippen LogP contribution in [0.25, 0.3) is 0 Å². The summed E-state index contributed by atoms with van der Waals surface area (Å²) in [7, 11) is 0. The molecule has 0 fully saturated rings. The van der Waals surface area contributed by atoms with Crippen molar-refractivity contribution in [1.82, 2.24) is 5.43 Å². The van der Waals surface area contributed by atoms with Crippen LogP contribution in [0.4, 0.5) is 5.69 Å². The van der Waals surface area contributed by atoms with Crippen LogP contribution in [0, 0.1) is 16.0 Å². The maximum atomic E-state index is 11.3. The molecule has 0 saturated carbocycles. The number of nitro benzene ring substituents is 1. The maximum Gasteiger partial charge on any atom is 0.277 e. The Labute approximate surface area is 110 Å². The highest BCUT2D eigenvalue weighted by Gasteiger charge is 2.05. The molecule has 0 unspecified atom stereocenters. The van der Waals surface area contributed by atoms with Gasteiger partial charge in [-0.15, -0.1) is 0 Å². The van der Waals surface area contributed by atoms with Gasteiger partial charge in [0.15, 0.2) is 6.61 Å². The highest BCUT2D eigenvalue weighted by atomic mass is 16.6. The number of nitro groups is 1. The predicted octanol–water partition coefficient (Wildman–Crippen LogP) is 1.73. The van der Waals surface area contributed by atoms with Gasteiger partial charge in [-0.25, -0.2) is 5.43 Å². The molecule has 0 bridgehead atoms. The summed E-state index contributed by atoms with van der Waals surface area (Å²) in [6.07, 6.45) is 1.60. The number of ether oxygens (including phenoxy) is 1. The van der Waals surface area contributed by atoms with Crippen LogP contribution in [0.3, 0.4) is 0 Å². The Morgan fingerprint density at radius 2 is 2.11 bits per heavy atom. The number of nitrogens with zero attached hydrogens (tertiary/aromatic N) is 2. The summed E-state index contributed by atoms with van der Waals surface area (Å²) in [6.45, 7) is 3.67. The first kappa shape index (κ1) is 14.6. The lowest BCUT2D eigenvalue weighted by atomic mass is 10.3. The van der Waals surface area contributed by atoms with Crippen LogP contribution in [0.2, 0.25) is 0 Å². The summed E-state index contributed by atoms with van der Waals surface area (Å²) in [4.78, 5) is 21.2. The van der Waals surface area contributed by atoms with Crippen molar-refractivity contribution in [3.8, 4) is 5.75 Å². The van der Waals surface area contributed by atoms with Gasteiger partial charge >= 0.3 is 0 Å². The van der Waals surface area contributed by atoms with E-state index < -0.39 is 10.8 Å². The zero-order valence-electron chi connectivity index (χ0n) is 10.7. The molecule has 0 aromatic heterocycles. The predicted molar refractivity (Wildman–Crippen MR) is 70.1 cm³/mol. The van der Waals surface area contributed by atoms with E-state index in [-0.39, 0.29) is 18.2 Å². The van der Waals surface area contributed by atoms with E-state index in [1.54, 1.807) is 6.21 Å². The molecule has 0 radical (unpaired) electrons. The average Bonchev–Trinajstić information content (AvgIpc) is 2.36. The normalized spacial score (nSPS) is 10.7. The van der Waals surface area contributed by atoms with Crippen molar-refractivity contribution in [2.24, 2.45) is 11.0 Å². The Hall–Kier alpha value is -2.44. The van der Waals surface area contributed by atoms with Crippen molar-refractivity contribution in [1.29, 1.82) is 0 Å². The largest absolute Gasteiger partial charge is 0.484 e. The number of non-ortho nitro benzene ring substituents is 1. The van der Waals surface area contributed by atoms with Gasteiger partial charge in [-0.3, -0.25) is 14.9 Å². The van der Waals surface area contributed by atoms with E-state index in [1.165, 1.54) is 24.3 Å². The second-order valence-corrected chi connectivity index (χ2v) is 4.10. The Kier molecular flexibility index (Phi) is 5.46. The first-order chi connectivity index (χ1) is 8.99. The minimum atomic E-state index is -0.503. The first-order valence-corrected chi connectivity index (χ1v) is 5.68. The molecule has 0 aliphatic heterocycles.